The maximum atomic E-state index is 11.8. The summed E-state index contributed by atoms with van der Waals surface area (Å²) in [4.78, 5) is 26.3. The van der Waals surface area contributed by atoms with Gasteiger partial charge in [0, 0.05) is 36.5 Å². The summed E-state index contributed by atoms with van der Waals surface area (Å²) in [6.07, 6.45) is 0.377. The zero-order chi connectivity index (χ0) is 16.7. The maximum Gasteiger partial charge on any atom is 0.225 e. The Hall–Kier alpha value is -1.85. The highest BCUT2D eigenvalue weighted by molar-refractivity contribution is 7.10. The molecule has 6 heteroatoms. The number of hydrogen-bond donors (Lipinski definition) is 1. The number of nitrogens with one attached hydrogen (secondary N) is 1. The first-order valence-electron chi connectivity index (χ1n) is 7.34. The van der Waals surface area contributed by atoms with Gasteiger partial charge in [0.05, 0.1) is 6.42 Å². The SMILES string of the molecule is CC(=O)N(CCNC(=O)Cc1cccs1)Cc1ccccc1Cl. The molecule has 1 N–H and O–H groups in total. The standard InChI is InChI=1S/C17H19ClN2O2S/c1-13(21)20(12-14-5-2-3-7-16(14)18)9-8-19-17(22)11-15-6-4-10-23-15/h2-7,10H,8-9,11-12H2,1H3,(H,19,22). The summed E-state index contributed by atoms with van der Waals surface area (Å²) in [6.45, 7) is 2.84. The van der Waals surface area contributed by atoms with E-state index in [1.165, 1.54) is 6.92 Å². The maximum absolute atomic E-state index is 11.8. The third-order valence-electron chi connectivity index (χ3n) is 3.38. The average Bonchev–Trinajstić information content (AvgIpc) is 3.01. The van der Waals surface area contributed by atoms with E-state index < -0.39 is 0 Å². The number of carbonyl (C=O) groups is 2. The third-order valence-corrected chi connectivity index (χ3v) is 4.63. The fourth-order valence-corrected chi connectivity index (χ4v) is 3.04. The molecule has 0 fully saturated rings. The van der Waals surface area contributed by atoms with Crippen LogP contribution in [0.5, 0.6) is 0 Å². The molecule has 1 aromatic carbocycles. The first kappa shape index (κ1) is 17.5. The lowest BCUT2D eigenvalue weighted by molar-refractivity contribution is -0.130. The summed E-state index contributed by atoms with van der Waals surface area (Å²) in [7, 11) is 0. The number of hydrogen-bond acceptors (Lipinski definition) is 3. The molecule has 4 nitrogen and oxygen atoms in total. The van der Waals surface area contributed by atoms with E-state index in [4.69, 9.17) is 11.6 Å². The van der Waals surface area contributed by atoms with Gasteiger partial charge in [0.2, 0.25) is 11.8 Å². The van der Waals surface area contributed by atoms with Gasteiger partial charge in [0.25, 0.3) is 0 Å². The Kier molecular flexibility index (Phi) is 6.62. The minimum absolute atomic E-state index is 0.0336. The van der Waals surface area contributed by atoms with E-state index in [0.717, 1.165) is 10.4 Å². The van der Waals surface area contributed by atoms with Gasteiger partial charge in [0.1, 0.15) is 0 Å². The summed E-state index contributed by atoms with van der Waals surface area (Å²) in [5, 5.41) is 5.43. The second-order valence-electron chi connectivity index (χ2n) is 5.14. The van der Waals surface area contributed by atoms with E-state index in [1.54, 1.807) is 22.3 Å². The molecule has 1 heterocycles. The van der Waals surface area contributed by atoms with Crippen molar-refractivity contribution in [1.29, 1.82) is 0 Å². The van der Waals surface area contributed by atoms with Crippen LogP contribution in [0.1, 0.15) is 17.4 Å². The van der Waals surface area contributed by atoms with Crippen LogP contribution in [0.15, 0.2) is 41.8 Å². The summed E-state index contributed by atoms with van der Waals surface area (Å²) in [5.74, 6) is -0.0777. The highest BCUT2D eigenvalue weighted by atomic mass is 35.5. The van der Waals surface area contributed by atoms with Gasteiger partial charge in [-0.1, -0.05) is 35.9 Å². The van der Waals surface area contributed by atoms with E-state index >= 15 is 0 Å². The minimum Gasteiger partial charge on any atom is -0.354 e. The topological polar surface area (TPSA) is 49.4 Å². The Labute approximate surface area is 145 Å². The normalized spacial score (nSPS) is 10.3. The van der Waals surface area contributed by atoms with Crippen LogP contribution in [0.2, 0.25) is 5.02 Å². The highest BCUT2D eigenvalue weighted by Gasteiger charge is 2.12. The molecule has 2 amide bonds. The first-order chi connectivity index (χ1) is 11.1. The van der Waals surface area contributed by atoms with Gasteiger partial charge < -0.3 is 10.2 Å². The Morgan fingerprint density at radius 2 is 2.00 bits per heavy atom. The van der Waals surface area contributed by atoms with Crippen molar-refractivity contribution in [3.8, 4) is 0 Å². The number of thiophene rings is 1. The number of halogens is 1. The molecule has 0 atom stereocenters. The zero-order valence-corrected chi connectivity index (χ0v) is 14.5. The predicted molar refractivity (Wildman–Crippen MR) is 93.6 cm³/mol. The highest BCUT2D eigenvalue weighted by Crippen LogP contribution is 2.17. The van der Waals surface area contributed by atoms with Crippen LogP contribution in [-0.4, -0.2) is 29.8 Å². The van der Waals surface area contributed by atoms with Crippen LogP contribution in [-0.2, 0) is 22.6 Å². The smallest absolute Gasteiger partial charge is 0.225 e. The van der Waals surface area contributed by atoms with Crippen molar-refractivity contribution in [2.45, 2.75) is 19.9 Å². The molecule has 0 saturated heterocycles. The molecule has 23 heavy (non-hydrogen) atoms. The number of nitrogens with zero attached hydrogens (tertiary/aromatic N) is 1. The largest absolute Gasteiger partial charge is 0.354 e. The summed E-state index contributed by atoms with van der Waals surface area (Å²) in [5.41, 5.74) is 0.897. The molecule has 0 spiro atoms. The van der Waals surface area contributed by atoms with Crippen LogP contribution >= 0.6 is 22.9 Å². The number of amides is 2. The molecule has 2 aromatic rings. The fourth-order valence-electron chi connectivity index (χ4n) is 2.14. The lowest BCUT2D eigenvalue weighted by Crippen LogP contribution is -2.37. The Morgan fingerprint density at radius 3 is 2.65 bits per heavy atom. The molecular weight excluding hydrogens is 332 g/mol. The molecule has 0 aliphatic rings. The summed E-state index contributed by atoms with van der Waals surface area (Å²) >= 11 is 7.69. The quantitative estimate of drug-likeness (QED) is 0.834. The van der Waals surface area contributed by atoms with Crippen molar-refractivity contribution < 1.29 is 9.59 Å². The zero-order valence-electron chi connectivity index (χ0n) is 12.9. The fraction of sp³-hybridized carbons (Fsp3) is 0.294. The van der Waals surface area contributed by atoms with E-state index in [0.29, 0.717) is 31.1 Å². The molecule has 0 radical (unpaired) electrons. The van der Waals surface area contributed by atoms with Crippen molar-refractivity contribution in [2.24, 2.45) is 0 Å². The van der Waals surface area contributed by atoms with Gasteiger partial charge in [-0.25, -0.2) is 0 Å². The lowest BCUT2D eigenvalue weighted by Gasteiger charge is -2.22. The van der Waals surface area contributed by atoms with E-state index in [2.05, 4.69) is 5.32 Å². The minimum atomic E-state index is -0.0441. The molecule has 0 unspecified atom stereocenters. The van der Waals surface area contributed by atoms with Gasteiger partial charge in [-0.2, -0.15) is 0 Å². The van der Waals surface area contributed by atoms with Gasteiger partial charge in [-0.05, 0) is 23.1 Å². The second-order valence-corrected chi connectivity index (χ2v) is 6.58. The van der Waals surface area contributed by atoms with Crippen LogP contribution in [0, 0.1) is 0 Å². The van der Waals surface area contributed by atoms with Crippen molar-refractivity contribution >= 4 is 34.8 Å². The Bertz CT molecular complexity index is 658. The van der Waals surface area contributed by atoms with Gasteiger partial charge in [-0.3, -0.25) is 9.59 Å². The third kappa shape index (κ3) is 5.69. The molecular formula is C17H19ClN2O2S. The van der Waals surface area contributed by atoms with Crippen molar-refractivity contribution in [1.82, 2.24) is 10.2 Å². The lowest BCUT2D eigenvalue weighted by atomic mass is 10.2. The van der Waals surface area contributed by atoms with E-state index in [9.17, 15) is 9.59 Å². The number of rotatable bonds is 7. The monoisotopic (exact) mass is 350 g/mol. The Morgan fingerprint density at radius 1 is 1.22 bits per heavy atom. The van der Waals surface area contributed by atoms with Crippen molar-refractivity contribution in [3.05, 3.63) is 57.2 Å². The molecule has 1 aromatic heterocycles. The first-order valence-corrected chi connectivity index (χ1v) is 8.60. The van der Waals surface area contributed by atoms with Gasteiger partial charge in [-0.15, -0.1) is 11.3 Å². The van der Waals surface area contributed by atoms with Crippen LogP contribution in [0.4, 0.5) is 0 Å². The summed E-state index contributed by atoms with van der Waals surface area (Å²) < 4.78 is 0. The molecule has 0 saturated carbocycles. The van der Waals surface area contributed by atoms with Crippen LogP contribution < -0.4 is 5.32 Å². The Balaban J connectivity index is 1.82. The predicted octanol–water partition coefficient (Wildman–Crippen LogP) is 3.11. The van der Waals surface area contributed by atoms with Gasteiger partial charge in [0.15, 0.2) is 0 Å². The van der Waals surface area contributed by atoms with Crippen molar-refractivity contribution in [2.75, 3.05) is 13.1 Å². The van der Waals surface area contributed by atoms with Crippen LogP contribution in [0.3, 0.4) is 0 Å². The molecule has 0 bridgehead atoms. The van der Waals surface area contributed by atoms with E-state index in [-0.39, 0.29) is 11.8 Å². The molecule has 0 aliphatic carbocycles. The van der Waals surface area contributed by atoms with E-state index in [1.807, 2.05) is 35.7 Å². The number of carbonyl (C=O) groups excluding carboxylic acids is 2. The molecule has 0 aliphatic heterocycles. The van der Waals surface area contributed by atoms with Crippen molar-refractivity contribution in [3.63, 3.8) is 0 Å². The van der Waals surface area contributed by atoms with Crippen LogP contribution in [0.25, 0.3) is 0 Å². The summed E-state index contributed by atoms with van der Waals surface area (Å²) in [6, 6.07) is 11.3. The molecule has 122 valence electrons. The number of benzene rings is 1. The molecule has 2 rings (SSSR count). The second kappa shape index (κ2) is 8.70. The average molecular weight is 351 g/mol. The van der Waals surface area contributed by atoms with Gasteiger partial charge >= 0.3 is 0 Å².